The van der Waals surface area contributed by atoms with Crippen molar-refractivity contribution in [3.05, 3.63) is 35.9 Å². The van der Waals surface area contributed by atoms with Crippen molar-refractivity contribution in [3.8, 4) is 0 Å². The maximum absolute atomic E-state index is 11.7. The summed E-state index contributed by atoms with van der Waals surface area (Å²) in [6, 6.07) is 9.69. The number of benzene rings is 1. The van der Waals surface area contributed by atoms with Gasteiger partial charge in [-0.2, -0.15) is 0 Å². The maximum Gasteiger partial charge on any atom is 0.211 e. The van der Waals surface area contributed by atoms with Gasteiger partial charge in [0.1, 0.15) is 0 Å². The molecule has 1 aromatic rings. The summed E-state index contributed by atoms with van der Waals surface area (Å²) in [6.45, 7) is 3.10. The molecule has 0 spiro atoms. The van der Waals surface area contributed by atoms with Crippen LogP contribution in [0.3, 0.4) is 0 Å². The molecule has 118 valence electrons. The van der Waals surface area contributed by atoms with Crippen molar-refractivity contribution in [2.24, 2.45) is 5.92 Å². The number of piperidine rings is 1. The predicted octanol–water partition coefficient (Wildman–Crippen LogP) is 2.35. The smallest absolute Gasteiger partial charge is 0.211 e. The SMILES string of the molecule is CCC(O)(CC1CCCN(S(C)(=O)=O)C1)c1ccccc1. The number of hydrogen-bond donors (Lipinski definition) is 1. The van der Waals surface area contributed by atoms with Crippen LogP contribution in [0.5, 0.6) is 0 Å². The third-order valence-corrected chi connectivity index (χ3v) is 5.74. The van der Waals surface area contributed by atoms with Crippen molar-refractivity contribution in [2.45, 2.75) is 38.2 Å². The lowest BCUT2D eigenvalue weighted by Crippen LogP contribution is -2.41. The molecule has 2 rings (SSSR count). The second kappa shape index (κ2) is 6.46. The van der Waals surface area contributed by atoms with E-state index >= 15 is 0 Å². The number of sulfonamides is 1. The van der Waals surface area contributed by atoms with Crippen molar-refractivity contribution in [1.29, 1.82) is 0 Å². The molecule has 2 atom stereocenters. The van der Waals surface area contributed by atoms with Crippen LogP contribution in [-0.2, 0) is 15.6 Å². The molecular weight excluding hydrogens is 286 g/mol. The lowest BCUT2D eigenvalue weighted by atomic mass is 9.80. The topological polar surface area (TPSA) is 57.6 Å². The van der Waals surface area contributed by atoms with E-state index in [1.54, 1.807) is 4.31 Å². The molecule has 0 aromatic heterocycles. The van der Waals surface area contributed by atoms with E-state index in [0.29, 0.717) is 25.9 Å². The minimum atomic E-state index is -3.13. The first-order valence-electron chi connectivity index (χ1n) is 7.58. The van der Waals surface area contributed by atoms with Gasteiger partial charge >= 0.3 is 0 Å². The highest BCUT2D eigenvalue weighted by molar-refractivity contribution is 7.88. The molecule has 1 fully saturated rings. The fourth-order valence-corrected chi connectivity index (χ4v) is 4.13. The van der Waals surface area contributed by atoms with Crippen LogP contribution in [0.15, 0.2) is 30.3 Å². The maximum atomic E-state index is 11.7. The molecule has 1 N–H and O–H groups in total. The highest BCUT2D eigenvalue weighted by Gasteiger charge is 2.34. The summed E-state index contributed by atoms with van der Waals surface area (Å²) in [5, 5.41) is 11.0. The predicted molar refractivity (Wildman–Crippen MR) is 84.4 cm³/mol. The lowest BCUT2D eigenvalue weighted by molar-refractivity contribution is -0.000459. The van der Waals surface area contributed by atoms with Gasteiger partial charge in [0.2, 0.25) is 10.0 Å². The van der Waals surface area contributed by atoms with E-state index in [2.05, 4.69) is 0 Å². The van der Waals surface area contributed by atoms with E-state index < -0.39 is 15.6 Å². The minimum absolute atomic E-state index is 0.207. The van der Waals surface area contributed by atoms with Crippen molar-refractivity contribution in [1.82, 2.24) is 4.31 Å². The van der Waals surface area contributed by atoms with Crippen LogP contribution < -0.4 is 0 Å². The van der Waals surface area contributed by atoms with Gasteiger partial charge in [-0.1, -0.05) is 37.3 Å². The fraction of sp³-hybridized carbons (Fsp3) is 0.625. The van der Waals surface area contributed by atoms with Crippen LogP contribution >= 0.6 is 0 Å². The number of rotatable bonds is 5. The van der Waals surface area contributed by atoms with Crippen molar-refractivity contribution < 1.29 is 13.5 Å². The zero-order valence-electron chi connectivity index (χ0n) is 12.8. The van der Waals surface area contributed by atoms with E-state index in [0.717, 1.165) is 18.4 Å². The third kappa shape index (κ3) is 4.05. The molecule has 1 aromatic carbocycles. The van der Waals surface area contributed by atoms with E-state index in [4.69, 9.17) is 0 Å². The van der Waals surface area contributed by atoms with Gasteiger partial charge in [0.15, 0.2) is 0 Å². The van der Waals surface area contributed by atoms with Gasteiger partial charge < -0.3 is 5.11 Å². The lowest BCUT2D eigenvalue weighted by Gasteiger charge is -2.36. The summed E-state index contributed by atoms with van der Waals surface area (Å²) in [5.41, 5.74) is 0.0517. The summed E-state index contributed by atoms with van der Waals surface area (Å²) in [7, 11) is -3.13. The molecule has 1 aliphatic rings. The molecule has 1 saturated heterocycles. The highest BCUT2D eigenvalue weighted by atomic mass is 32.2. The quantitative estimate of drug-likeness (QED) is 0.908. The molecule has 2 unspecified atom stereocenters. The van der Waals surface area contributed by atoms with E-state index in [1.165, 1.54) is 6.26 Å². The Labute approximate surface area is 127 Å². The van der Waals surface area contributed by atoms with Gasteiger partial charge in [-0.25, -0.2) is 12.7 Å². The monoisotopic (exact) mass is 311 g/mol. The molecule has 0 aliphatic carbocycles. The zero-order valence-corrected chi connectivity index (χ0v) is 13.6. The Bertz CT molecular complexity index is 558. The van der Waals surface area contributed by atoms with Crippen LogP contribution in [0.25, 0.3) is 0 Å². The number of aliphatic hydroxyl groups is 1. The first-order chi connectivity index (χ1) is 9.85. The van der Waals surface area contributed by atoms with Gasteiger partial charge in [0.25, 0.3) is 0 Å². The summed E-state index contributed by atoms with van der Waals surface area (Å²) >= 11 is 0. The largest absolute Gasteiger partial charge is 0.385 e. The second-order valence-electron chi connectivity index (χ2n) is 6.08. The van der Waals surface area contributed by atoms with Crippen LogP contribution in [-0.4, -0.2) is 37.2 Å². The van der Waals surface area contributed by atoms with Gasteiger partial charge in [-0.15, -0.1) is 0 Å². The molecule has 0 bridgehead atoms. The molecule has 0 radical (unpaired) electrons. The Kier molecular flexibility index (Phi) is 5.07. The van der Waals surface area contributed by atoms with E-state index in [9.17, 15) is 13.5 Å². The molecule has 0 amide bonds. The van der Waals surface area contributed by atoms with Crippen LogP contribution in [0, 0.1) is 5.92 Å². The Morgan fingerprint density at radius 3 is 2.57 bits per heavy atom. The van der Waals surface area contributed by atoms with Gasteiger partial charge in [-0.3, -0.25) is 0 Å². The Balaban J connectivity index is 2.12. The van der Waals surface area contributed by atoms with Crippen molar-refractivity contribution >= 4 is 10.0 Å². The fourth-order valence-electron chi connectivity index (χ4n) is 3.19. The molecule has 1 aliphatic heterocycles. The zero-order chi connectivity index (χ0) is 15.5. The van der Waals surface area contributed by atoms with Crippen molar-refractivity contribution in [3.63, 3.8) is 0 Å². The van der Waals surface area contributed by atoms with Gasteiger partial charge in [0, 0.05) is 13.1 Å². The molecule has 5 heteroatoms. The van der Waals surface area contributed by atoms with Gasteiger partial charge in [-0.05, 0) is 37.2 Å². The average Bonchev–Trinajstić information content (AvgIpc) is 2.47. The van der Waals surface area contributed by atoms with E-state index in [1.807, 2.05) is 37.3 Å². The summed E-state index contributed by atoms with van der Waals surface area (Å²) in [4.78, 5) is 0. The first-order valence-corrected chi connectivity index (χ1v) is 9.43. The standard InChI is InChI=1S/C16H25NO3S/c1-3-16(18,15-9-5-4-6-10-15)12-14-8-7-11-17(13-14)21(2,19)20/h4-6,9-10,14,18H,3,7-8,11-13H2,1-2H3. The molecule has 21 heavy (non-hydrogen) atoms. The number of hydrogen-bond acceptors (Lipinski definition) is 3. The molecule has 0 saturated carbocycles. The first kappa shape index (κ1) is 16.5. The minimum Gasteiger partial charge on any atom is -0.385 e. The molecule has 1 heterocycles. The van der Waals surface area contributed by atoms with Gasteiger partial charge in [0.05, 0.1) is 11.9 Å². The Morgan fingerprint density at radius 2 is 2.00 bits per heavy atom. The van der Waals surface area contributed by atoms with Crippen molar-refractivity contribution in [2.75, 3.05) is 19.3 Å². The summed E-state index contributed by atoms with van der Waals surface area (Å²) < 4.78 is 24.9. The summed E-state index contributed by atoms with van der Waals surface area (Å²) in [6.07, 6.45) is 4.35. The third-order valence-electron chi connectivity index (χ3n) is 4.47. The Morgan fingerprint density at radius 1 is 1.33 bits per heavy atom. The van der Waals surface area contributed by atoms with E-state index in [-0.39, 0.29) is 5.92 Å². The Hall–Kier alpha value is -0.910. The summed E-state index contributed by atoms with van der Waals surface area (Å²) in [5.74, 6) is 0.207. The second-order valence-corrected chi connectivity index (χ2v) is 8.07. The molecule has 4 nitrogen and oxygen atoms in total. The van der Waals surface area contributed by atoms with Crippen LogP contribution in [0.1, 0.15) is 38.2 Å². The molecular formula is C16H25NO3S. The average molecular weight is 311 g/mol. The highest BCUT2D eigenvalue weighted by Crippen LogP contribution is 2.35. The van der Waals surface area contributed by atoms with Crippen LogP contribution in [0.4, 0.5) is 0 Å². The normalized spacial score (nSPS) is 23.7. The number of nitrogens with zero attached hydrogens (tertiary/aromatic N) is 1. The van der Waals surface area contributed by atoms with Crippen LogP contribution in [0.2, 0.25) is 0 Å².